The summed E-state index contributed by atoms with van der Waals surface area (Å²) in [4.78, 5) is 12.5. The minimum atomic E-state index is -0.0724. The summed E-state index contributed by atoms with van der Waals surface area (Å²) in [6.45, 7) is 3.46. The summed E-state index contributed by atoms with van der Waals surface area (Å²) in [6, 6.07) is 15.2. The summed E-state index contributed by atoms with van der Waals surface area (Å²) in [7, 11) is 0. The molecule has 0 bridgehead atoms. The second kappa shape index (κ2) is 7.86. The van der Waals surface area contributed by atoms with E-state index in [0.717, 1.165) is 36.3 Å². The van der Waals surface area contributed by atoms with E-state index in [9.17, 15) is 4.79 Å². The lowest BCUT2D eigenvalue weighted by molar-refractivity contribution is 0.0925. The molecule has 24 heavy (non-hydrogen) atoms. The maximum absolute atomic E-state index is 12.5. The highest BCUT2D eigenvalue weighted by molar-refractivity contribution is 5.94. The van der Waals surface area contributed by atoms with Crippen LogP contribution in [0.1, 0.15) is 48.1 Å². The Morgan fingerprint density at radius 3 is 2.79 bits per heavy atom. The number of unbranched alkanes of at least 4 members (excludes halogenated alkanes) is 1. The van der Waals surface area contributed by atoms with Gasteiger partial charge < -0.3 is 14.8 Å². The van der Waals surface area contributed by atoms with Crippen LogP contribution in [0, 0.1) is 0 Å². The van der Waals surface area contributed by atoms with Gasteiger partial charge >= 0.3 is 0 Å². The fourth-order valence-electron chi connectivity index (χ4n) is 2.77. The second-order valence-electron chi connectivity index (χ2n) is 5.93. The second-order valence-corrected chi connectivity index (χ2v) is 5.93. The first-order valence-corrected chi connectivity index (χ1v) is 8.53. The molecule has 0 unspecified atom stereocenters. The van der Waals surface area contributed by atoms with Gasteiger partial charge in [-0.2, -0.15) is 0 Å². The summed E-state index contributed by atoms with van der Waals surface area (Å²) in [5.41, 5.74) is 1.68. The molecule has 1 N–H and O–H groups in total. The SMILES string of the molecule is CCCCOc1ccc(C(=O)N[C@H]2CCOc3ccccc32)cc1. The topological polar surface area (TPSA) is 47.6 Å². The van der Waals surface area contributed by atoms with Gasteiger partial charge in [-0.05, 0) is 36.8 Å². The number of ether oxygens (including phenoxy) is 2. The lowest BCUT2D eigenvalue weighted by atomic mass is 10.00. The number of carbonyl (C=O) groups excluding carboxylic acids is 1. The molecule has 1 aliphatic rings. The molecule has 1 heterocycles. The van der Waals surface area contributed by atoms with Crippen molar-refractivity contribution in [1.82, 2.24) is 5.32 Å². The summed E-state index contributed by atoms with van der Waals surface area (Å²) in [6.07, 6.45) is 2.92. The van der Waals surface area contributed by atoms with E-state index < -0.39 is 0 Å². The number of hydrogen-bond donors (Lipinski definition) is 1. The van der Waals surface area contributed by atoms with Crippen molar-refractivity contribution < 1.29 is 14.3 Å². The fraction of sp³-hybridized carbons (Fsp3) is 0.350. The number of fused-ring (bicyclic) bond motifs is 1. The van der Waals surface area contributed by atoms with Crippen LogP contribution in [0.3, 0.4) is 0 Å². The van der Waals surface area contributed by atoms with Gasteiger partial charge in [0.15, 0.2) is 0 Å². The number of carbonyl (C=O) groups is 1. The Morgan fingerprint density at radius 1 is 1.21 bits per heavy atom. The molecule has 2 aromatic rings. The van der Waals surface area contributed by atoms with Crippen LogP contribution in [0.15, 0.2) is 48.5 Å². The van der Waals surface area contributed by atoms with Gasteiger partial charge in [0, 0.05) is 17.5 Å². The summed E-state index contributed by atoms with van der Waals surface area (Å²) >= 11 is 0. The van der Waals surface area contributed by atoms with E-state index in [1.54, 1.807) is 0 Å². The van der Waals surface area contributed by atoms with Gasteiger partial charge in [0.2, 0.25) is 0 Å². The van der Waals surface area contributed by atoms with Crippen molar-refractivity contribution in [3.8, 4) is 11.5 Å². The summed E-state index contributed by atoms with van der Waals surface area (Å²) < 4.78 is 11.3. The van der Waals surface area contributed by atoms with E-state index in [2.05, 4.69) is 12.2 Å². The third kappa shape index (κ3) is 3.88. The highest BCUT2D eigenvalue weighted by atomic mass is 16.5. The number of para-hydroxylation sites is 1. The Kier molecular flexibility index (Phi) is 5.36. The van der Waals surface area contributed by atoms with Gasteiger partial charge in [0.1, 0.15) is 11.5 Å². The lowest BCUT2D eigenvalue weighted by Gasteiger charge is -2.26. The average molecular weight is 325 g/mol. The molecule has 0 saturated carbocycles. The predicted octanol–water partition coefficient (Wildman–Crippen LogP) is 4.12. The van der Waals surface area contributed by atoms with Crippen LogP contribution >= 0.6 is 0 Å². The molecule has 0 fully saturated rings. The van der Waals surface area contributed by atoms with Gasteiger partial charge in [-0.25, -0.2) is 0 Å². The van der Waals surface area contributed by atoms with Crippen LogP contribution in [0.5, 0.6) is 11.5 Å². The highest BCUT2D eigenvalue weighted by Crippen LogP contribution is 2.31. The first-order chi connectivity index (χ1) is 11.8. The average Bonchev–Trinajstić information content (AvgIpc) is 2.63. The molecule has 4 heteroatoms. The Morgan fingerprint density at radius 2 is 2.00 bits per heavy atom. The first kappa shape index (κ1) is 16.4. The Hall–Kier alpha value is -2.49. The zero-order valence-electron chi connectivity index (χ0n) is 14.0. The van der Waals surface area contributed by atoms with Gasteiger partial charge in [0.25, 0.3) is 5.91 Å². The molecular formula is C20H23NO3. The number of benzene rings is 2. The van der Waals surface area contributed by atoms with Crippen molar-refractivity contribution in [3.05, 3.63) is 59.7 Å². The molecule has 0 spiro atoms. The van der Waals surface area contributed by atoms with Gasteiger partial charge in [-0.1, -0.05) is 31.5 Å². The molecule has 1 atom stereocenters. The van der Waals surface area contributed by atoms with Crippen molar-refractivity contribution in [2.24, 2.45) is 0 Å². The van der Waals surface area contributed by atoms with Gasteiger partial charge in [-0.3, -0.25) is 4.79 Å². The Balaban J connectivity index is 1.63. The van der Waals surface area contributed by atoms with Crippen molar-refractivity contribution >= 4 is 5.91 Å². The van der Waals surface area contributed by atoms with E-state index in [0.29, 0.717) is 18.8 Å². The largest absolute Gasteiger partial charge is 0.494 e. The third-order valence-corrected chi connectivity index (χ3v) is 4.15. The highest BCUT2D eigenvalue weighted by Gasteiger charge is 2.22. The van der Waals surface area contributed by atoms with Crippen molar-refractivity contribution in [2.45, 2.75) is 32.2 Å². The van der Waals surface area contributed by atoms with Gasteiger partial charge in [0.05, 0.1) is 19.3 Å². The minimum absolute atomic E-state index is 0.0112. The molecule has 126 valence electrons. The standard InChI is InChI=1S/C20H23NO3/c1-2-3-13-23-16-10-8-15(9-11-16)20(22)21-18-12-14-24-19-7-5-4-6-17(18)19/h4-11,18H,2-3,12-14H2,1H3,(H,21,22)/t18-/m0/s1. The van der Waals surface area contributed by atoms with Crippen LogP contribution in [0.25, 0.3) is 0 Å². The van der Waals surface area contributed by atoms with E-state index in [1.807, 2.05) is 48.5 Å². The minimum Gasteiger partial charge on any atom is -0.494 e. The maximum atomic E-state index is 12.5. The molecule has 0 aromatic heterocycles. The van der Waals surface area contributed by atoms with E-state index in [4.69, 9.17) is 9.47 Å². The summed E-state index contributed by atoms with van der Waals surface area (Å²) in [5.74, 6) is 1.59. The van der Waals surface area contributed by atoms with Crippen LogP contribution in [0.4, 0.5) is 0 Å². The normalized spacial score (nSPS) is 16.0. The zero-order valence-corrected chi connectivity index (χ0v) is 14.0. The van der Waals surface area contributed by atoms with Crippen LogP contribution in [0.2, 0.25) is 0 Å². The van der Waals surface area contributed by atoms with E-state index in [-0.39, 0.29) is 11.9 Å². The van der Waals surface area contributed by atoms with Crippen molar-refractivity contribution in [3.63, 3.8) is 0 Å². The number of hydrogen-bond acceptors (Lipinski definition) is 3. The van der Waals surface area contributed by atoms with Crippen LogP contribution < -0.4 is 14.8 Å². The van der Waals surface area contributed by atoms with Gasteiger partial charge in [-0.15, -0.1) is 0 Å². The molecule has 0 aliphatic carbocycles. The molecule has 1 aliphatic heterocycles. The zero-order chi connectivity index (χ0) is 16.8. The van der Waals surface area contributed by atoms with Crippen molar-refractivity contribution in [1.29, 1.82) is 0 Å². The number of nitrogens with one attached hydrogen (secondary N) is 1. The molecule has 2 aromatic carbocycles. The molecule has 4 nitrogen and oxygen atoms in total. The monoisotopic (exact) mass is 325 g/mol. The Bertz CT molecular complexity index is 682. The predicted molar refractivity (Wildman–Crippen MR) is 93.6 cm³/mol. The third-order valence-electron chi connectivity index (χ3n) is 4.15. The number of amides is 1. The van der Waals surface area contributed by atoms with Crippen LogP contribution in [-0.2, 0) is 0 Å². The smallest absolute Gasteiger partial charge is 0.251 e. The van der Waals surface area contributed by atoms with E-state index in [1.165, 1.54) is 0 Å². The fourth-order valence-corrected chi connectivity index (χ4v) is 2.77. The molecule has 0 radical (unpaired) electrons. The van der Waals surface area contributed by atoms with Crippen molar-refractivity contribution in [2.75, 3.05) is 13.2 Å². The van der Waals surface area contributed by atoms with E-state index >= 15 is 0 Å². The molecule has 3 rings (SSSR count). The lowest BCUT2D eigenvalue weighted by Crippen LogP contribution is -2.32. The van der Waals surface area contributed by atoms with Crippen LogP contribution in [-0.4, -0.2) is 19.1 Å². The maximum Gasteiger partial charge on any atom is 0.251 e. The number of rotatable bonds is 6. The Labute approximate surface area is 142 Å². The molecular weight excluding hydrogens is 302 g/mol. The molecule has 0 saturated heterocycles. The summed E-state index contributed by atoms with van der Waals surface area (Å²) in [5, 5.41) is 3.10. The molecule has 1 amide bonds. The quantitative estimate of drug-likeness (QED) is 0.813. The first-order valence-electron chi connectivity index (χ1n) is 8.53.